The molecule has 2 aromatic rings. The summed E-state index contributed by atoms with van der Waals surface area (Å²) in [6, 6.07) is 6.00. The fourth-order valence-electron chi connectivity index (χ4n) is 1.55. The van der Waals surface area contributed by atoms with Crippen LogP contribution in [0.4, 0.5) is 11.8 Å². The molecule has 2 rings (SSSR count). The Morgan fingerprint density at radius 1 is 1.13 bits per heavy atom. The van der Waals surface area contributed by atoms with Gasteiger partial charge in [-0.15, -0.1) is 0 Å². The Hall–Kier alpha value is -1.84. The van der Waals surface area contributed by atoms with Crippen molar-refractivity contribution in [3.05, 3.63) is 23.8 Å². The number of hydrogen-bond acceptors (Lipinski definition) is 4. The van der Waals surface area contributed by atoms with Crippen molar-refractivity contribution in [2.45, 2.75) is 19.8 Å². The molecule has 1 aromatic heterocycles. The SMILES string of the molecule is CC(C)c1ccc2c(N)nc(N)nc2c1. The molecule has 0 saturated carbocycles. The molecule has 0 atom stereocenters. The average Bonchev–Trinajstić information content (AvgIpc) is 2.16. The van der Waals surface area contributed by atoms with Gasteiger partial charge in [0.15, 0.2) is 0 Å². The van der Waals surface area contributed by atoms with Crippen LogP contribution in [0.2, 0.25) is 0 Å². The molecule has 0 amide bonds. The van der Waals surface area contributed by atoms with Crippen molar-refractivity contribution in [2.24, 2.45) is 0 Å². The lowest BCUT2D eigenvalue weighted by Crippen LogP contribution is -2.01. The molecule has 4 heteroatoms. The lowest BCUT2D eigenvalue weighted by molar-refractivity contribution is 0.868. The Labute approximate surface area is 88.3 Å². The number of nitrogens with two attached hydrogens (primary N) is 2. The van der Waals surface area contributed by atoms with Crippen molar-refractivity contribution >= 4 is 22.7 Å². The molecule has 4 nitrogen and oxygen atoms in total. The highest BCUT2D eigenvalue weighted by atomic mass is 15.0. The van der Waals surface area contributed by atoms with Gasteiger partial charge >= 0.3 is 0 Å². The molecule has 0 aliphatic rings. The Morgan fingerprint density at radius 3 is 2.53 bits per heavy atom. The Kier molecular flexibility index (Phi) is 2.19. The van der Waals surface area contributed by atoms with E-state index in [1.807, 2.05) is 18.2 Å². The van der Waals surface area contributed by atoms with E-state index in [4.69, 9.17) is 11.5 Å². The number of nitrogens with zero attached hydrogens (tertiary/aromatic N) is 2. The first-order valence-electron chi connectivity index (χ1n) is 4.90. The Bertz CT molecular complexity index is 505. The normalized spacial score (nSPS) is 11.1. The highest BCUT2D eigenvalue weighted by molar-refractivity contribution is 5.89. The molecule has 0 spiro atoms. The Morgan fingerprint density at radius 2 is 1.87 bits per heavy atom. The summed E-state index contributed by atoms with van der Waals surface area (Å²) in [7, 11) is 0. The highest BCUT2D eigenvalue weighted by Crippen LogP contribution is 2.23. The number of hydrogen-bond donors (Lipinski definition) is 2. The molecular weight excluding hydrogens is 188 g/mol. The fraction of sp³-hybridized carbons (Fsp3) is 0.273. The quantitative estimate of drug-likeness (QED) is 0.740. The van der Waals surface area contributed by atoms with Crippen LogP contribution in [-0.4, -0.2) is 9.97 Å². The first-order valence-corrected chi connectivity index (χ1v) is 4.90. The van der Waals surface area contributed by atoms with E-state index in [1.165, 1.54) is 5.56 Å². The summed E-state index contributed by atoms with van der Waals surface area (Å²) >= 11 is 0. The zero-order valence-electron chi connectivity index (χ0n) is 8.86. The van der Waals surface area contributed by atoms with Gasteiger partial charge in [-0.3, -0.25) is 0 Å². The van der Waals surface area contributed by atoms with Crippen LogP contribution in [0.5, 0.6) is 0 Å². The van der Waals surface area contributed by atoms with E-state index in [9.17, 15) is 0 Å². The van der Waals surface area contributed by atoms with Crippen molar-refractivity contribution in [3.8, 4) is 0 Å². The van der Waals surface area contributed by atoms with Crippen molar-refractivity contribution in [1.82, 2.24) is 9.97 Å². The zero-order chi connectivity index (χ0) is 11.0. The zero-order valence-corrected chi connectivity index (χ0v) is 8.86. The van der Waals surface area contributed by atoms with Crippen molar-refractivity contribution in [1.29, 1.82) is 0 Å². The van der Waals surface area contributed by atoms with Gasteiger partial charge in [-0.05, 0) is 23.6 Å². The number of nitrogen functional groups attached to an aromatic ring is 2. The van der Waals surface area contributed by atoms with Crippen LogP contribution >= 0.6 is 0 Å². The molecule has 0 unspecified atom stereocenters. The van der Waals surface area contributed by atoms with Crippen LogP contribution in [0, 0.1) is 0 Å². The van der Waals surface area contributed by atoms with E-state index in [0.717, 1.165) is 10.9 Å². The molecular formula is C11H14N4. The summed E-state index contributed by atoms with van der Waals surface area (Å²) in [6.45, 7) is 4.27. The average molecular weight is 202 g/mol. The first kappa shape index (κ1) is 9.71. The molecule has 0 bridgehead atoms. The van der Waals surface area contributed by atoms with E-state index >= 15 is 0 Å². The molecule has 78 valence electrons. The minimum Gasteiger partial charge on any atom is -0.383 e. The first-order chi connectivity index (χ1) is 7.08. The van der Waals surface area contributed by atoms with Gasteiger partial charge < -0.3 is 11.5 Å². The lowest BCUT2D eigenvalue weighted by atomic mass is 10.0. The van der Waals surface area contributed by atoms with Crippen LogP contribution in [0.15, 0.2) is 18.2 Å². The molecule has 15 heavy (non-hydrogen) atoms. The molecule has 0 fully saturated rings. The maximum Gasteiger partial charge on any atom is 0.222 e. The summed E-state index contributed by atoms with van der Waals surface area (Å²) in [6.07, 6.45) is 0. The second kappa shape index (κ2) is 3.38. The second-order valence-corrected chi connectivity index (χ2v) is 3.90. The highest BCUT2D eigenvalue weighted by Gasteiger charge is 2.05. The monoisotopic (exact) mass is 202 g/mol. The van der Waals surface area contributed by atoms with E-state index in [1.54, 1.807) is 0 Å². The van der Waals surface area contributed by atoms with Crippen molar-refractivity contribution < 1.29 is 0 Å². The van der Waals surface area contributed by atoms with Crippen LogP contribution in [0.25, 0.3) is 10.9 Å². The number of benzene rings is 1. The smallest absolute Gasteiger partial charge is 0.222 e. The second-order valence-electron chi connectivity index (χ2n) is 3.90. The fourth-order valence-corrected chi connectivity index (χ4v) is 1.55. The molecule has 0 saturated heterocycles. The minimum absolute atomic E-state index is 0.223. The van der Waals surface area contributed by atoms with E-state index < -0.39 is 0 Å². The van der Waals surface area contributed by atoms with E-state index in [-0.39, 0.29) is 5.95 Å². The predicted molar refractivity (Wildman–Crippen MR) is 62.5 cm³/mol. The molecule has 1 heterocycles. The van der Waals surface area contributed by atoms with Gasteiger partial charge in [-0.1, -0.05) is 19.9 Å². The van der Waals surface area contributed by atoms with Crippen LogP contribution in [-0.2, 0) is 0 Å². The lowest BCUT2D eigenvalue weighted by Gasteiger charge is -2.07. The van der Waals surface area contributed by atoms with Crippen LogP contribution < -0.4 is 11.5 Å². The molecule has 0 aliphatic heterocycles. The summed E-state index contributed by atoms with van der Waals surface area (Å²) in [5.41, 5.74) is 13.3. The van der Waals surface area contributed by atoms with Gasteiger partial charge in [0.1, 0.15) is 5.82 Å². The number of rotatable bonds is 1. The third-order valence-corrected chi connectivity index (χ3v) is 2.43. The molecule has 4 N–H and O–H groups in total. The molecule has 0 radical (unpaired) electrons. The summed E-state index contributed by atoms with van der Waals surface area (Å²) in [5, 5.41) is 0.855. The van der Waals surface area contributed by atoms with Gasteiger partial charge in [0, 0.05) is 5.39 Å². The van der Waals surface area contributed by atoms with Crippen LogP contribution in [0.3, 0.4) is 0 Å². The summed E-state index contributed by atoms with van der Waals surface area (Å²) in [4.78, 5) is 8.09. The summed E-state index contributed by atoms with van der Waals surface area (Å²) < 4.78 is 0. The maximum atomic E-state index is 5.75. The Balaban J connectivity index is 2.71. The standard InChI is InChI=1S/C11H14N4/c1-6(2)7-3-4-8-9(5-7)14-11(13)15-10(8)12/h3-6H,1-2H3,(H4,12,13,14,15). The van der Waals surface area contributed by atoms with Gasteiger partial charge in [0.2, 0.25) is 5.95 Å². The maximum absolute atomic E-state index is 5.75. The van der Waals surface area contributed by atoms with Crippen molar-refractivity contribution in [3.63, 3.8) is 0 Å². The predicted octanol–water partition coefficient (Wildman–Crippen LogP) is 1.92. The van der Waals surface area contributed by atoms with E-state index in [2.05, 4.69) is 23.8 Å². The third-order valence-electron chi connectivity index (χ3n) is 2.43. The van der Waals surface area contributed by atoms with Crippen molar-refractivity contribution in [2.75, 3.05) is 11.5 Å². The number of aromatic nitrogens is 2. The van der Waals surface area contributed by atoms with E-state index in [0.29, 0.717) is 11.7 Å². The van der Waals surface area contributed by atoms with Gasteiger partial charge in [-0.2, -0.15) is 4.98 Å². The third kappa shape index (κ3) is 1.70. The van der Waals surface area contributed by atoms with Gasteiger partial charge in [0.25, 0.3) is 0 Å². The molecule has 1 aromatic carbocycles. The minimum atomic E-state index is 0.223. The number of fused-ring (bicyclic) bond motifs is 1. The summed E-state index contributed by atoms with van der Waals surface area (Å²) in [5.74, 6) is 1.13. The topological polar surface area (TPSA) is 77.8 Å². The largest absolute Gasteiger partial charge is 0.383 e. The molecule has 0 aliphatic carbocycles. The van der Waals surface area contributed by atoms with Crippen LogP contribution in [0.1, 0.15) is 25.3 Å². The number of anilines is 2. The van der Waals surface area contributed by atoms with Gasteiger partial charge in [0.05, 0.1) is 5.52 Å². The van der Waals surface area contributed by atoms with Gasteiger partial charge in [-0.25, -0.2) is 4.98 Å².